The van der Waals surface area contributed by atoms with E-state index >= 15 is 0 Å². The number of amides is 1. The Balaban J connectivity index is 0.000000232. The molecule has 2 heterocycles. The monoisotopic (exact) mass is 280 g/mol. The summed E-state index contributed by atoms with van der Waals surface area (Å²) < 4.78 is 25.2. The first-order chi connectivity index (χ1) is 7.80. The molecule has 1 aliphatic rings. The molecule has 0 unspecified atom stereocenters. The van der Waals surface area contributed by atoms with Gasteiger partial charge in [0.25, 0.3) is 5.91 Å². The molecule has 0 aliphatic carbocycles. The van der Waals surface area contributed by atoms with Crippen LogP contribution >= 0.6 is 10.7 Å². The highest BCUT2D eigenvalue weighted by Crippen LogP contribution is 1.83. The fraction of sp³-hybridized carbons (Fsp3) is 0. The molecule has 0 saturated heterocycles. The van der Waals surface area contributed by atoms with Gasteiger partial charge in [0.1, 0.15) is 0 Å². The van der Waals surface area contributed by atoms with Crippen LogP contribution in [-0.4, -0.2) is 29.6 Å². The Morgan fingerprint density at radius 2 is 1.65 bits per heavy atom. The van der Waals surface area contributed by atoms with Crippen LogP contribution in [0.2, 0.25) is 0 Å². The lowest BCUT2D eigenvalue weighted by Crippen LogP contribution is -2.17. The Labute approximate surface area is 102 Å². The van der Waals surface area contributed by atoms with Crippen molar-refractivity contribution < 1.29 is 22.6 Å². The Bertz CT molecular complexity index is 455. The van der Waals surface area contributed by atoms with E-state index in [9.17, 15) is 9.59 Å². The second-order valence-electron chi connectivity index (χ2n) is 2.47. The summed E-state index contributed by atoms with van der Waals surface area (Å²) in [5.74, 6) is -1.01. The number of aromatic nitrogens is 1. The zero-order valence-corrected chi connectivity index (χ0v) is 9.90. The number of halogens is 1. The van der Waals surface area contributed by atoms with Crippen LogP contribution in [0.5, 0.6) is 0 Å². The van der Waals surface area contributed by atoms with Gasteiger partial charge in [-0.15, -0.1) is 0 Å². The lowest BCUT2D eigenvalue weighted by atomic mass is 10.4. The summed E-state index contributed by atoms with van der Waals surface area (Å²) in [6.45, 7) is 0. The van der Waals surface area contributed by atoms with Crippen molar-refractivity contribution in [1.82, 2.24) is 10.3 Å². The maximum atomic E-state index is 10.1. The Morgan fingerprint density at radius 3 is 1.76 bits per heavy atom. The van der Waals surface area contributed by atoms with Crippen LogP contribution in [0.4, 0.5) is 0 Å². The molecular formula is C8H9ClN2O5S. The van der Waals surface area contributed by atoms with E-state index in [-0.39, 0.29) is 0 Å². The van der Waals surface area contributed by atoms with E-state index in [4.69, 9.17) is 13.0 Å². The highest BCUT2D eigenvalue weighted by atomic mass is 35.7. The van der Waals surface area contributed by atoms with Gasteiger partial charge in [-0.25, -0.2) is 0 Å². The molecule has 7 nitrogen and oxygen atoms in total. The van der Waals surface area contributed by atoms with Gasteiger partial charge in [-0.2, -0.15) is 8.42 Å². The molecule has 94 valence electrons. The fourth-order valence-electron chi connectivity index (χ4n) is 0.618. The molecule has 0 bridgehead atoms. The molecule has 2 rings (SSSR count). The number of H-pyrrole nitrogens is 1. The van der Waals surface area contributed by atoms with E-state index in [0.29, 0.717) is 0 Å². The molecule has 0 atom stereocenters. The van der Waals surface area contributed by atoms with E-state index in [1.807, 2.05) is 24.5 Å². The zero-order valence-electron chi connectivity index (χ0n) is 8.33. The van der Waals surface area contributed by atoms with Crippen molar-refractivity contribution in [3.05, 3.63) is 36.8 Å². The molecule has 0 fully saturated rings. The van der Waals surface area contributed by atoms with Crippen molar-refractivity contribution in [3.63, 3.8) is 0 Å². The standard InChI is InChI=1S/C4H3NO2.C4H5N.ClHO3S/c6-3-1-2-5-4(3)7;1-2-4-5-3-1;1-5(2,3)4/h1-2H,(H,5,6,7);1-5H;(H,2,3,4). The summed E-state index contributed by atoms with van der Waals surface area (Å²) in [7, 11) is -0.137. The van der Waals surface area contributed by atoms with E-state index in [1.54, 1.807) is 0 Å². The quantitative estimate of drug-likeness (QED) is 0.358. The lowest BCUT2D eigenvalue weighted by molar-refractivity contribution is -0.133. The molecule has 1 aromatic heterocycles. The van der Waals surface area contributed by atoms with Crippen LogP contribution in [0.3, 0.4) is 0 Å². The van der Waals surface area contributed by atoms with Gasteiger partial charge >= 0.3 is 9.33 Å². The molecular weight excluding hydrogens is 272 g/mol. The van der Waals surface area contributed by atoms with Gasteiger partial charge in [0.05, 0.1) is 0 Å². The largest absolute Gasteiger partial charge is 0.368 e. The number of ketones is 1. The van der Waals surface area contributed by atoms with E-state index < -0.39 is 21.0 Å². The maximum absolute atomic E-state index is 10.1. The molecule has 1 aromatic rings. The number of rotatable bonds is 0. The number of aromatic amines is 1. The third kappa shape index (κ3) is 12.3. The minimum absolute atomic E-state index is 0.472. The first-order valence-corrected chi connectivity index (χ1v) is 6.33. The van der Waals surface area contributed by atoms with Crippen molar-refractivity contribution in [2.75, 3.05) is 0 Å². The number of carbonyl (C=O) groups excluding carboxylic acids is 2. The minimum atomic E-state index is -4.19. The van der Waals surface area contributed by atoms with Crippen molar-refractivity contribution >= 4 is 31.7 Å². The Morgan fingerprint density at radius 1 is 1.18 bits per heavy atom. The first kappa shape index (κ1) is 15.4. The molecule has 9 heteroatoms. The number of hydrogen-bond acceptors (Lipinski definition) is 4. The van der Waals surface area contributed by atoms with E-state index in [0.717, 1.165) is 0 Å². The normalized spacial score (nSPS) is 13.1. The average molecular weight is 281 g/mol. The van der Waals surface area contributed by atoms with Crippen LogP contribution in [0.15, 0.2) is 36.8 Å². The summed E-state index contributed by atoms with van der Waals surface area (Å²) >= 11 is 0. The fourth-order valence-corrected chi connectivity index (χ4v) is 0.618. The summed E-state index contributed by atoms with van der Waals surface area (Å²) in [6, 6.07) is 3.89. The second-order valence-corrected chi connectivity index (χ2v) is 4.46. The lowest BCUT2D eigenvalue weighted by Gasteiger charge is -1.78. The summed E-state index contributed by atoms with van der Waals surface area (Å²) in [4.78, 5) is 23.0. The van der Waals surface area contributed by atoms with Crippen LogP contribution < -0.4 is 5.32 Å². The minimum Gasteiger partial charge on any atom is -0.368 e. The van der Waals surface area contributed by atoms with Gasteiger partial charge in [-0.3, -0.25) is 14.1 Å². The SMILES string of the molecule is O=C1C=CNC1=O.O=S(=O)(O)Cl.c1cc[nH]c1. The van der Waals surface area contributed by atoms with Crippen LogP contribution in [0, 0.1) is 0 Å². The summed E-state index contributed by atoms with van der Waals surface area (Å²) in [6.07, 6.45) is 6.27. The van der Waals surface area contributed by atoms with Gasteiger partial charge in [-0.05, 0) is 12.1 Å². The first-order valence-electron chi connectivity index (χ1n) is 4.07. The van der Waals surface area contributed by atoms with Gasteiger partial charge in [0.2, 0.25) is 5.78 Å². The number of hydrogen-bond donors (Lipinski definition) is 3. The van der Waals surface area contributed by atoms with E-state index in [1.165, 1.54) is 12.3 Å². The average Bonchev–Trinajstić information content (AvgIpc) is 2.79. The number of nitrogens with one attached hydrogen (secondary N) is 2. The third-order valence-corrected chi connectivity index (χ3v) is 1.17. The van der Waals surface area contributed by atoms with Crippen LogP contribution in [0.25, 0.3) is 0 Å². The molecule has 1 amide bonds. The van der Waals surface area contributed by atoms with Crippen molar-refractivity contribution in [1.29, 1.82) is 0 Å². The topological polar surface area (TPSA) is 116 Å². The third-order valence-electron chi connectivity index (χ3n) is 1.17. The van der Waals surface area contributed by atoms with Crippen LogP contribution in [-0.2, 0) is 18.9 Å². The Kier molecular flexibility index (Phi) is 6.87. The van der Waals surface area contributed by atoms with Gasteiger partial charge < -0.3 is 10.3 Å². The van der Waals surface area contributed by atoms with Crippen molar-refractivity contribution in [3.8, 4) is 0 Å². The van der Waals surface area contributed by atoms with E-state index in [2.05, 4.69) is 21.0 Å². The molecule has 0 radical (unpaired) electrons. The van der Waals surface area contributed by atoms with Gasteiger partial charge in [-0.1, -0.05) is 0 Å². The maximum Gasteiger partial charge on any atom is 0.353 e. The molecule has 17 heavy (non-hydrogen) atoms. The molecule has 0 saturated carbocycles. The number of carbonyl (C=O) groups is 2. The van der Waals surface area contributed by atoms with Gasteiger partial charge in [0.15, 0.2) is 0 Å². The highest BCUT2D eigenvalue weighted by Gasteiger charge is 2.12. The smallest absolute Gasteiger partial charge is 0.353 e. The second kappa shape index (κ2) is 7.60. The molecule has 1 aliphatic heterocycles. The highest BCUT2D eigenvalue weighted by molar-refractivity contribution is 8.09. The zero-order chi connectivity index (χ0) is 13.3. The summed E-state index contributed by atoms with van der Waals surface area (Å²) in [5.41, 5.74) is 0. The van der Waals surface area contributed by atoms with Gasteiger partial charge in [0, 0.05) is 35.4 Å². The predicted molar refractivity (Wildman–Crippen MR) is 60.5 cm³/mol. The molecule has 3 N–H and O–H groups in total. The van der Waals surface area contributed by atoms with Crippen molar-refractivity contribution in [2.45, 2.75) is 0 Å². The summed E-state index contributed by atoms with van der Waals surface area (Å²) in [5, 5.41) is 2.20. The van der Waals surface area contributed by atoms with Crippen molar-refractivity contribution in [2.24, 2.45) is 0 Å². The molecule has 0 spiro atoms. The Hall–Kier alpha value is -1.64. The van der Waals surface area contributed by atoms with Crippen LogP contribution in [0.1, 0.15) is 0 Å². The predicted octanol–water partition coefficient (Wildman–Crippen LogP) is 0.242. The molecule has 0 aromatic carbocycles.